The number of benzene rings is 1. The molecule has 3 rings (SSSR count). The monoisotopic (exact) mass is 441 g/mol. The number of aryl methyl sites for hydroxylation is 1. The summed E-state index contributed by atoms with van der Waals surface area (Å²) in [5, 5.41) is 14.9. The van der Waals surface area contributed by atoms with Gasteiger partial charge in [-0.25, -0.2) is 9.79 Å². The van der Waals surface area contributed by atoms with Crippen LogP contribution in [0.5, 0.6) is 0 Å². The minimum absolute atomic E-state index is 0.000883. The summed E-state index contributed by atoms with van der Waals surface area (Å²) in [5.74, 6) is 2.44. The number of aliphatic imine (C=N–C) groups is 1. The number of hydrogen-bond acceptors (Lipinski definition) is 5. The van der Waals surface area contributed by atoms with Crippen LogP contribution in [0.4, 0.5) is 4.79 Å². The highest BCUT2D eigenvalue weighted by Crippen LogP contribution is 2.16. The van der Waals surface area contributed by atoms with Crippen molar-refractivity contribution in [3.05, 3.63) is 47.5 Å². The second-order valence-corrected chi connectivity index (χ2v) is 9.22. The lowest BCUT2D eigenvalue weighted by Crippen LogP contribution is -2.44. The molecule has 0 spiro atoms. The SMILES string of the molecule is Cc1nnc(CN=C(NC(C)c2ccccc2)N2CCC(NC(=O)OC(C)(C)C)C2)n1C. The first-order valence-electron chi connectivity index (χ1n) is 11.1. The Morgan fingerprint density at radius 2 is 2.00 bits per heavy atom. The third-order valence-corrected chi connectivity index (χ3v) is 5.41. The smallest absolute Gasteiger partial charge is 0.407 e. The number of nitrogens with one attached hydrogen (secondary N) is 2. The van der Waals surface area contributed by atoms with Gasteiger partial charge in [0.25, 0.3) is 0 Å². The number of likely N-dealkylation sites (tertiary alicyclic amines) is 1. The summed E-state index contributed by atoms with van der Waals surface area (Å²) in [7, 11) is 1.94. The maximum absolute atomic E-state index is 12.2. The van der Waals surface area contributed by atoms with Crippen LogP contribution in [0.25, 0.3) is 0 Å². The molecule has 2 unspecified atom stereocenters. The normalized spacial score (nSPS) is 17.9. The fourth-order valence-electron chi connectivity index (χ4n) is 3.53. The number of ether oxygens (including phenoxy) is 1. The largest absolute Gasteiger partial charge is 0.444 e. The number of carbonyl (C=O) groups is 1. The van der Waals surface area contributed by atoms with E-state index >= 15 is 0 Å². The van der Waals surface area contributed by atoms with Crippen molar-refractivity contribution in [3.8, 4) is 0 Å². The number of amides is 1. The van der Waals surface area contributed by atoms with E-state index in [1.165, 1.54) is 5.56 Å². The van der Waals surface area contributed by atoms with Gasteiger partial charge in [0.15, 0.2) is 11.8 Å². The molecule has 1 aliphatic heterocycles. The quantitative estimate of drug-likeness (QED) is 0.547. The van der Waals surface area contributed by atoms with Gasteiger partial charge in [-0.15, -0.1) is 10.2 Å². The lowest BCUT2D eigenvalue weighted by atomic mass is 10.1. The number of aromatic nitrogens is 3. The Bertz CT molecular complexity index is 934. The second kappa shape index (κ2) is 10.0. The van der Waals surface area contributed by atoms with Crippen molar-refractivity contribution in [2.24, 2.45) is 12.0 Å². The first kappa shape index (κ1) is 23.6. The van der Waals surface area contributed by atoms with Crippen molar-refractivity contribution in [2.45, 2.75) is 65.3 Å². The van der Waals surface area contributed by atoms with Crippen LogP contribution >= 0.6 is 0 Å². The summed E-state index contributed by atoms with van der Waals surface area (Å²) < 4.78 is 7.35. The molecule has 0 radical (unpaired) electrons. The van der Waals surface area contributed by atoms with Gasteiger partial charge in [-0.2, -0.15) is 0 Å². The molecule has 9 heteroatoms. The molecule has 1 aromatic heterocycles. The summed E-state index contributed by atoms with van der Waals surface area (Å²) in [5.41, 5.74) is 0.660. The molecule has 9 nitrogen and oxygen atoms in total. The summed E-state index contributed by atoms with van der Waals surface area (Å²) >= 11 is 0. The van der Waals surface area contributed by atoms with Gasteiger partial charge < -0.3 is 24.8 Å². The Labute approximate surface area is 190 Å². The van der Waals surface area contributed by atoms with E-state index in [9.17, 15) is 4.79 Å². The molecule has 2 N–H and O–H groups in total. The van der Waals surface area contributed by atoms with E-state index in [0.29, 0.717) is 13.1 Å². The molecular weight excluding hydrogens is 406 g/mol. The molecular formula is C23H35N7O2. The molecule has 32 heavy (non-hydrogen) atoms. The lowest BCUT2D eigenvalue weighted by molar-refractivity contribution is 0.0507. The van der Waals surface area contributed by atoms with Crippen molar-refractivity contribution in [1.82, 2.24) is 30.3 Å². The minimum Gasteiger partial charge on any atom is -0.444 e. The zero-order valence-electron chi connectivity index (χ0n) is 19.9. The third kappa shape index (κ3) is 6.45. The highest BCUT2D eigenvalue weighted by atomic mass is 16.6. The molecule has 1 saturated heterocycles. The van der Waals surface area contributed by atoms with Crippen molar-refractivity contribution in [1.29, 1.82) is 0 Å². The number of alkyl carbamates (subject to hydrolysis) is 1. The predicted octanol–water partition coefficient (Wildman–Crippen LogP) is 2.93. The predicted molar refractivity (Wildman–Crippen MR) is 124 cm³/mol. The van der Waals surface area contributed by atoms with Crippen LogP contribution in [-0.2, 0) is 18.3 Å². The van der Waals surface area contributed by atoms with Crippen LogP contribution < -0.4 is 10.6 Å². The van der Waals surface area contributed by atoms with E-state index in [4.69, 9.17) is 9.73 Å². The third-order valence-electron chi connectivity index (χ3n) is 5.41. The van der Waals surface area contributed by atoms with Crippen LogP contribution in [0.3, 0.4) is 0 Å². The molecule has 0 aliphatic carbocycles. The van der Waals surface area contributed by atoms with E-state index in [-0.39, 0.29) is 18.2 Å². The van der Waals surface area contributed by atoms with Crippen LogP contribution in [0, 0.1) is 6.92 Å². The zero-order valence-corrected chi connectivity index (χ0v) is 19.9. The fourth-order valence-corrected chi connectivity index (χ4v) is 3.53. The first-order valence-corrected chi connectivity index (χ1v) is 11.1. The van der Waals surface area contributed by atoms with E-state index < -0.39 is 5.60 Å². The Balaban J connectivity index is 1.71. The molecule has 2 aromatic rings. The molecule has 2 atom stereocenters. The maximum Gasteiger partial charge on any atom is 0.407 e. The first-order chi connectivity index (χ1) is 15.1. The number of carbonyl (C=O) groups excluding carboxylic acids is 1. The Hall–Kier alpha value is -3.10. The highest BCUT2D eigenvalue weighted by Gasteiger charge is 2.28. The van der Waals surface area contributed by atoms with Gasteiger partial charge >= 0.3 is 6.09 Å². The van der Waals surface area contributed by atoms with Crippen LogP contribution in [0.15, 0.2) is 35.3 Å². The van der Waals surface area contributed by atoms with E-state index in [2.05, 4.69) is 44.8 Å². The van der Waals surface area contributed by atoms with Crippen molar-refractivity contribution in [2.75, 3.05) is 13.1 Å². The number of hydrogen-bond donors (Lipinski definition) is 2. The van der Waals surface area contributed by atoms with E-state index in [1.807, 2.05) is 57.5 Å². The lowest BCUT2D eigenvalue weighted by Gasteiger charge is -2.26. The number of rotatable bonds is 5. The average Bonchev–Trinajstić information content (AvgIpc) is 3.31. The maximum atomic E-state index is 12.2. The fraction of sp³-hybridized carbons (Fsp3) is 0.565. The van der Waals surface area contributed by atoms with E-state index in [1.54, 1.807) is 0 Å². The molecule has 1 fully saturated rings. The highest BCUT2D eigenvalue weighted by molar-refractivity contribution is 5.81. The summed E-state index contributed by atoms with van der Waals surface area (Å²) in [6.07, 6.45) is 0.436. The zero-order chi connectivity index (χ0) is 23.3. The molecule has 1 aliphatic rings. The molecule has 1 amide bonds. The van der Waals surface area contributed by atoms with Gasteiger partial charge in [-0.3, -0.25) is 0 Å². The number of guanidine groups is 1. The van der Waals surface area contributed by atoms with Crippen LogP contribution in [0.2, 0.25) is 0 Å². The van der Waals surface area contributed by atoms with Crippen LogP contribution in [-0.4, -0.2) is 56.4 Å². The Kier molecular flexibility index (Phi) is 7.37. The second-order valence-electron chi connectivity index (χ2n) is 9.22. The molecule has 0 bridgehead atoms. The molecule has 1 aromatic carbocycles. The van der Waals surface area contributed by atoms with Gasteiger partial charge in [0.1, 0.15) is 18.0 Å². The van der Waals surface area contributed by atoms with Gasteiger partial charge in [-0.05, 0) is 46.6 Å². The standard InChI is InChI=1S/C23H35N7O2/c1-16(18-10-8-7-9-11-18)25-21(24-14-20-28-27-17(2)29(20)6)30-13-12-19(15-30)26-22(31)32-23(3,4)5/h7-11,16,19H,12-15H2,1-6H3,(H,24,25)(H,26,31). The summed E-state index contributed by atoms with van der Waals surface area (Å²) in [4.78, 5) is 19.2. The van der Waals surface area contributed by atoms with Gasteiger partial charge in [-0.1, -0.05) is 30.3 Å². The van der Waals surface area contributed by atoms with E-state index in [0.717, 1.165) is 30.6 Å². The van der Waals surface area contributed by atoms with Crippen molar-refractivity contribution >= 4 is 12.1 Å². The van der Waals surface area contributed by atoms with Crippen molar-refractivity contribution < 1.29 is 9.53 Å². The molecule has 0 saturated carbocycles. The Morgan fingerprint density at radius 1 is 1.28 bits per heavy atom. The number of nitrogens with zero attached hydrogens (tertiary/aromatic N) is 5. The summed E-state index contributed by atoms with van der Waals surface area (Å²) in [6, 6.07) is 10.3. The van der Waals surface area contributed by atoms with Crippen molar-refractivity contribution in [3.63, 3.8) is 0 Å². The topological polar surface area (TPSA) is 96.7 Å². The van der Waals surface area contributed by atoms with Gasteiger partial charge in [0.05, 0.1) is 12.1 Å². The average molecular weight is 442 g/mol. The minimum atomic E-state index is -0.518. The van der Waals surface area contributed by atoms with Gasteiger partial charge in [0, 0.05) is 20.1 Å². The molecule has 2 heterocycles. The molecule has 174 valence electrons. The van der Waals surface area contributed by atoms with Gasteiger partial charge in [0.2, 0.25) is 0 Å². The Morgan fingerprint density at radius 3 is 2.62 bits per heavy atom. The summed E-state index contributed by atoms with van der Waals surface area (Å²) in [6.45, 7) is 11.5. The van der Waals surface area contributed by atoms with Crippen LogP contribution in [0.1, 0.15) is 57.4 Å².